The molecule has 0 heterocycles. The summed E-state index contributed by atoms with van der Waals surface area (Å²) in [6.45, 7) is 2.78. The summed E-state index contributed by atoms with van der Waals surface area (Å²) in [5, 5.41) is 3.04. The second kappa shape index (κ2) is 9.26. The van der Waals surface area contributed by atoms with Gasteiger partial charge >= 0.3 is 0 Å². The Hall–Kier alpha value is -2.75. The molecule has 0 radical (unpaired) electrons. The molecule has 0 unspecified atom stereocenters. The molecule has 27 heavy (non-hydrogen) atoms. The second-order valence-corrected chi connectivity index (χ2v) is 6.80. The van der Waals surface area contributed by atoms with E-state index in [1.54, 1.807) is 7.11 Å². The molecule has 1 amide bonds. The van der Waals surface area contributed by atoms with Crippen molar-refractivity contribution in [3.05, 3.63) is 59.7 Å². The minimum atomic E-state index is -0.0557. The molecule has 1 N–H and O–H groups in total. The third kappa shape index (κ3) is 5.36. The van der Waals surface area contributed by atoms with Gasteiger partial charge in [-0.2, -0.15) is 0 Å². The molecule has 4 heteroatoms. The lowest BCUT2D eigenvalue weighted by atomic mass is 10.1. The zero-order valence-electron chi connectivity index (χ0n) is 16.0. The lowest BCUT2D eigenvalue weighted by Gasteiger charge is -2.13. The Morgan fingerprint density at radius 3 is 2.56 bits per heavy atom. The molecule has 1 aliphatic rings. The maximum absolute atomic E-state index is 12.9. The molecule has 1 fully saturated rings. The number of methoxy groups -OCH3 is 1. The summed E-state index contributed by atoms with van der Waals surface area (Å²) < 4.78 is 11.0. The number of nitrogens with one attached hydrogen (secondary N) is 1. The van der Waals surface area contributed by atoms with Gasteiger partial charge in [0.1, 0.15) is 11.5 Å². The van der Waals surface area contributed by atoms with Crippen molar-refractivity contribution in [2.75, 3.05) is 19.0 Å². The lowest BCUT2D eigenvalue weighted by molar-refractivity contribution is -0.113. The molecule has 0 saturated heterocycles. The molecular weight excluding hydrogens is 338 g/mol. The number of anilines is 1. The van der Waals surface area contributed by atoms with Crippen LogP contribution in [-0.4, -0.2) is 19.6 Å². The molecule has 0 bridgehead atoms. The fourth-order valence-corrected chi connectivity index (χ4v) is 2.86. The molecule has 0 spiro atoms. The first-order valence-corrected chi connectivity index (χ1v) is 9.60. The number of rotatable bonds is 9. The van der Waals surface area contributed by atoms with Gasteiger partial charge in [-0.25, -0.2) is 0 Å². The molecule has 3 rings (SSSR count). The van der Waals surface area contributed by atoms with E-state index in [1.807, 2.05) is 54.6 Å². The Bertz CT molecular complexity index is 792. The Labute approximate surface area is 161 Å². The molecular formula is C23H27NO3. The standard InChI is InChI=1S/C23H27NO3/c1-3-4-15-27-22-8-6-5-7-21(22)24-23(25)20(18-11-12-18)16-17-9-13-19(26-2)14-10-17/h5-10,13-14,16,18H,3-4,11-12,15H2,1-2H3,(H,24,25)/b20-16+. The van der Waals surface area contributed by atoms with Crippen LogP contribution >= 0.6 is 0 Å². The highest BCUT2D eigenvalue weighted by atomic mass is 16.5. The van der Waals surface area contributed by atoms with Gasteiger partial charge in [0.25, 0.3) is 5.91 Å². The number of hydrogen-bond donors (Lipinski definition) is 1. The third-order valence-corrected chi connectivity index (χ3v) is 4.61. The Balaban J connectivity index is 1.75. The van der Waals surface area contributed by atoms with E-state index in [2.05, 4.69) is 12.2 Å². The zero-order valence-corrected chi connectivity index (χ0v) is 16.0. The zero-order chi connectivity index (χ0) is 19.1. The highest BCUT2D eigenvalue weighted by Crippen LogP contribution is 2.38. The molecule has 4 nitrogen and oxygen atoms in total. The number of amides is 1. The van der Waals surface area contributed by atoms with Crippen LogP contribution in [0.25, 0.3) is 6.08 Å². The number of carbonyl (C=O) groups is 1. The highest BCUT2D eigenvalue weighted by Gasteiger charge is 2.30. The van der Waals surface area contributed by atoms with E-state index >= 15 is 0 Å². The maximum Gasteiger partial charge on any atom is 0.251 e. The van der Waals surface area contributed by atoms with Gasteiger partial charge in [-0.05, 0) is 61.1 Å². The van der Waals surface area contributed by atoms with Gasteiger partial charge in [0.05, 0.1) is 19.4 Å². The minimum absolute atomic E-state index is 0.0557. The van der Waals surface area contributed by atoms with E-state index in [9.17, 15) is 4.79 Å². The first kappa shape index (κ1) is 19.0. The predicted molar refractivity (Wildman–Crippen MR) is 109 cm³/mol. The number of para-hydroxylation sites is 2. The fraction of sp³-hybridized carbons (Fsp3) is 0.348. The van der Waals surface area contributed by atoms with Crippen molar-refractivity contribution < 1.29 is 14.3 Å². The lowest BCUT2D eigenvalue weighted by Crippen LogP contribution is -2.16. The van der Waals surface area contributed by atoms with Gasteiger partial charge in [-0.15, -0.1) is 0 Å². The molecule has 2 aromatic rings. The van der Waals surface area contributed by atoms with E-state index < -0.39 is 0 Å². The molecule has 2 aromatic carbocycles. The van der Waals surface area contributed by atoms with Crippen LogP contribution < -0.4 is 14.8 Å². The number of carbonyl (C=O) groups excluding carboxylic acids is 1. The second-order valence-electron chi connectivity index (χ2n) is 6.80. The SMILES string of the molecule is CCCCOc1ccccc1NC(=O)/C(=C/c1ccc(OC)cc1)C1CC1. The smallest absolute Gasteiger partial charge is 0.251 e. The van der Waals surface area contributed by atoms with Crippen LogP contribution in [0.2, 0.25) is 0 Å². The van der Waals surface area contributed by atoms with Gasteiger partial charge in [0.2, 0.25) is 0 Å². The van der Waals surface area contributed by atoms with Crippen LogP contribution in [0.3, 0.4) is 0 Å². The van der Waals surface area contributed by atoms with Gasteiger partial charge in [0, 0.05) is 5.57 Å². The van der Waals surface area contributed by atoms with Crippen molar-refractivity contribution in [1.29, 1.82) is 0 Å². The fourth-order valence-electron chi connectivity index (χ4n) is 2.86. The summed E-state index contributed by atoms with van der Waals surface area (Å²) in [6.07, 6.45) is 6.17. The molecule has 0 aromatic heterocycles. The largest absolute Gasteiger partial charge is 0.497 e. The third-order valence-electron chi connectivity index (χ3n) is 4.61. The Kier molecular flexibility index (Phi) is 6.53. The average Bonchev–Trinajstić information content (AvgIpc) is 3.53. The van der Waals surface area contributed by atoms with Crippen molar-refractivity contribution in [1.82, 2.24) is 0 Å². The summed E-state index contributed by atoms with van der Waals surface area (Å²) in [4.78, 5) is 12.9. The number of hydrogen-bond acceptors (Lipinski definition) is 3. The molecule has 0 aliphatic heterocycles. The first-order chi connectivity index (χ1) is 13.2. The van der Waals surface area contributed by atoms with Crippen molar-refractivity contribution in [3.8, 4) is 11.5 Å². The molecule has 1 saturated carbocycles. The number of benzene rings is 2. The van der Waals surface area contributed by atoms with E-state index in [0.29, 0.717) is 12.5 Å². The van der Waals surface area contributed by atoms with Gasteiger partial charge in [-0.1, -0.05) is 37.6 Å². The van der Waals surface area contributed by atoms with E-state index in [0.717, 1.165) is 54.0 Å². The van der Waals surface area contributed by atoms with Gasteiger partial charge in [-0.3, -0.25) is 4.79 Å². The summed E-state index contributed by atoms with van der Waals surface area (Å²) in [7, 11) is 1.65. The summed E-state index contributed by atoms with van der Waals surface area (Å²) >= 11 is 0. The summed E-state index contributed by atoms with van der Waals surface area (Å²) in [6, 6.07) is 15.4. The predicted octanol–water partition coefficient (Wildman–Crippen LogP) is 5.31. The Morgan fingerprint density at radius 2 is 1.89 bits per heavy atom. The highest BCUT2D eigenvalue weighted by molar-refractivity contribution is 6.08. The average molecular weight is 365 g/mol. The summed E-state index contributed by atoms with van der Waals surface area (Å²) in [5.74, 6) is 1.81. The molecule has 0 atom stereocenters. The van der Waals surface area contributed by atoms with Crippen LogP contribution in [0.15, 0.2) is 54.1 Å². The summed E-state index contributed by atoms with van der Waals surface area (Å²) in [5.41, 5.74) is 2.55. The van der Waals surface area contributed by atoms with E-state index in [-0.39, 0.29) is 5.91 Å². The number of unbranched alkanes of at least 4 members (excludes halogenated alkanes) is 1. The van der Waals surface area contributed by atoms with Crippen molar-refractivity contribution in [3.63, 3.8) is 0 Å². The van der Waals surface area contributed by atoms with Crippen LogP contribution in [0.4, 0.5) is 5.69 Å². The van der Waals surface area contributed by atoms with Crippen molar-refractivity contribution >= 4 is 17.7 Å². The topological polar surface area (TPSA) is 47.6 Å². The monoisotopic (exact) mass is 365 g/mol. The first-order valence-electron chi connectivity index (χ1n) is 9.60. The van der Waals surface area contributed by atoms with Crippen LogP contribution in [0, 0.1) is 5.92 Å². The quantitative estimate of drug-likeness (QED) is 0.484. The molecule has 142 valence electrons. The maximum atomic E-state index is 12.9. The molecule has 1 aliphatic carbocycles. The van der Waals surface area contributed by atoms with E-state index in [1.165, 1.54) is 0 Å². The Morgan fingerprint density at radius 1 is 1.15 bits per heavy atom. The minimum Gasteiger partial charge on any atom is -0.497 e. The van der Waals surface area contributed by atoms with Crippen molar-refractivity contribution in [2.45, 2.75) is 32.6 Å². The van der Waals surface area contributed by atoms with Gasteiger partial charge < -0.3 is 14.8 Å². The van der Waals surface area contributed by atoms with Crippen molar-refractivity contribution in [2.24, 2.45) is 5.92 Å². The number of ether oxygens (including phenoxy) is 2. The van der Waals surface area contributed by atoms with Crippen LogP contribution in [0.1, 0.15) is 38.2 Å². The van der Waals surface area contributed by atoms with E-state index in [4.69, 9.17) is 9.47 Å². The van der Waals surface area contributed by atoms with Crippen LogP contribution in [-0.2, 0) is 4.79 Å². The van der Waals surface area contributed by atoms with Gasteiger partial charge in [0.15, 0.2) is 0 Å². The normalized spacial score (nSPS) is 13.9. The van der Waals surface area contributed by atoms with Crippen LogP contribution in [0.5, 0.6) is 11.5 Å².